The van der Waals surface area contributed by atoms with Crippen molar-refractivity contribution in [1.82, 2.24) is 4.90 Å². The van der Waals surface area contributed by atoms with Crippen LogP contribution in [0.15, 0.2) is 24.3 Å². The lowest BCUT2D eigenvalue weighted by atomic mass is 9.87. The molecule has 24 heavy (non-hydrogen) atoms. The molecule has 1 fully saturated rings. The van der Waals surface area contributed by atoms with Crippen molar-refractivity contribution in [3.05, 3.63) is 35.4 Å². The fourth-order valence-electron chi connectivity index (χ4n) is 3.24. The summed E-state index contributed by atoms with van der Waals surface area (Å²) in [5.41, 5.74) is 1.50. The maximum absolute atomic E-state index is 12.3. The molecule has 1 saturated heterocycles. The molecule has 1 aromatic carbocycles. The molecular weight excluding hydrogens is 302 g/mol. The number of aromatic carboxylic acids is 1. The highest BCUT2D eigenvalue weighted by atomic mass is 16.4. The van der Waals surface area contributed by atoms with Crippen LogP contribution in [0.5, 0.6) is 0 Å². The number of amides is 1. The Morgan fingerprint density at radius 2 is 1.79 bits per heavy atom. The van der Waals surface area contributed by atoms with Gasteiger partial charge in [0.25, 0.3) is 0 Å². The highest BCUT2D eigenvalue weighted by Gasteiger charge is 2.25. The van der Waals surface area contributed by atoms with E-state index >= 15 is 0 Å². The molecule has 1 aliphatic rings. The second-order valence-corrected chi connectivity index (χ2v) is 8.05. The van der Waals surface area contributed by atoms with E-state index in [9.17, 15) is 14.7 Å². The Labute approximate surface area is 144 Å². The standard InChI is InChI=1S/C20H29NO3/c1-20(2,3)11-8-18(22)21-12-9-15(10-13-21)14-16-6-4-5-7-17(16)19(23)24/h4-7,15H,8-14H2,1-3H3,(H,23,24). The van der Waals surface area contributed by atoms with Gasteiger partial charge in [-0.1, -0.05) is 39.0 Å². The van der Waals surface area contributed by atoms with Crippen LogP contribution in [0.2, 0.25) is 0 Å². The van der Waals surface area contributed by atoms with Crippen LogP contribution in [-0.2, 0) is 11.2 Å². The number of nitrogens with zero attached hydrogens (tertiary/aromatic N) is 1. The van der Waals surface area contributed by atoms with E-state index < -0.39 is 5.97 Å². The minimum atomic E-state index is -0.861. The van der Waals surface area contributed by atoms with Crippen molar-refractivity contribution in [2.24, 2.45) is 11.3 Å². The van der Waals surface area contributed by atoms with Crippen molar-refractivity contribution >= 4 is 11.9 Å². The van der Waals surface area contributed by atoms with Crippen molar-refractivity contribution in [1.29, 1.82) is 0 Å². The third-order valence-corrected chi connectivity index (χ3v) is 4.81. The zero-order valence-corrected chi connectivity index (χ0v) is 15.0. The molecule has 2 rings (SSSR count). The molecule has 0 radical (unpaired) electrons. The quantitative estimate of drug-likeness (QED) is 0.887. The Balaban J connectivity index is 1.85. The molecule has 0 saturated carbocycles. The smallest absolute Gasteiger partial charge is 0.335 e. The van der Waals surface area contributed by atoms with E-state index in [1.54, 1.807) is 12.1 Å². The zero-order chi connectivity index (χ0) is 17.7. The summed E-state index contributed by atoms with van der Waals surface area (Å²) in [4.78, 5) is 25.6. The Morgan fingerprint density at radius 1 is 1.17 bits per heavy atom. The van der Waals surface area contributed by atoms with E-state index in [1.165, 1.54) is 0 Å². The lowest BCUT2D eigenvalue weighted by Gasteiger charge is -2.33. The number of carboxylic acid groups (broad SMARTS) is 1. The number of rotatable bonds is 5. The third kappa shape index (κ3) is 5.36. The molecule has 0 spiro atoms. The highest BCUT2D eigenvalue weighted by Crippen LogP contribution is 2.25. The second kappa shape index (κ2) is 7.82. The van der Waals surface area contributed by atoms with Gasteiger partial charge in [-0.2, -0.15) is 0 Å². The molecule has 0 unspecified atom stereocenters. The summed E-state index contributed by atoms with van der Waals surface area (Å²) in [5.74, 6) is -0.146. The Morgan fingerprint density at radius 3 is 2.38 bits per heavy atom. The molecule has 1 N–H and O–H groups in total. The summed E-state index contributed by atoms with van der Waals surface area (Å²) in [6.07, 6.45) is 4.23. The van der Waals surface area contributed by atoms with Crippen molar-refractivity contribution in [3.63, 3.8) is 0 Å². The first-order valence-corrected chi connectivity index (χ1v) is 8.85. The predicted molar refractivity (Wildman–Crippen MR) is 95.1 cm³/mol. The zero-order valence-electron chi connectivity index (χ0n) is 15.0. The largest absolute Gasteiger partial charge is 0.478 e. The molecule has 1 amide bonds. The molecule has 0 aromatic heterocycles. The van der Waals surface area contributed by atoms with Crippen molar-refractivity contribution in [3.8, 4) is 0 Å². The number of benzene rings is 1. The van der Waals surface area contributed by atoms with Crippen LogP contribution in [0.4, 0.5) is 0 Å². The Bertz CT molecular complexity index is 581. The molecule has 0 aliphatic carbocycles. The number of carbonyl (C=O) groups excluding carboxylic acids is 1. The van der Waals surface area contributed by atoms with Crippen LogP contribution in [0, 0.1) is 11.3 Å². The molecule has 4 nitrogen and oxygen atoms in total. The van der Waals surface area contributed by atoms with Gasteiger partial charge < -0.3 is 10.0 Å². The number of hydrogen-bond acceptors (Lipinski definition) is 2. The topological polar surface area (TPSA) is 57.6 Å². The average molecular weight is 331 g/mol. The van der Waals surface area contributed by atoms with Gasteiger partial charge in [-0.05, 0) is 48.6 Å². The summed E-state index contributed by atoms with van der Waals surface area (Å²) in [6.45, 7) is 8.07. The summed E-state index contributed by atoms with van der Waals surface area (Å²) in [5, 5.41) is 9.28. The highest BCUT2D eigenvalue weighted by molar-refractivity contribution is 5.89. The van der Waals surface area contributed by atoms with E-state index in [4.69, 9.17) is 0 Å². The summed E-state index contributed by atoms with van der Waals surface area (Å²) in [6, 6.07) is 7.24. The first kappa shape index (κ1) is 18.5. The molecule has 132 valence electrons. The third-order valence-electron chi connectivity index (χ3n) is 4.81. The van der Waals surface area contributed by atoms with Crippen LogP contribution in [0.1, 0.15) is 62.4 Å². The van der Waals surface area contributed by atoms with Gasteiger partial charge in [0, 0.05) is 19.5 Å². The normalized spacial score (nSPS) is 16.2. The van der Waals surface area contributed by atoms with Gasteiger partial charge in [-0.15, -0.1) is 0 Å². The molecule has 1 heterocycles. The molecule has 0 atom stereocenters. The van der Waals surface area contributed by atoms with Crippen LogP contribution < -0.4 is 0 Å². The first-order valence-electron chi connectivity index (χ1n) is 8.85. The van der Waals surface area contributed by atoms with Gasteiger partial charge in [0.2, 0.25) is 5.91 Å². The van der Waals surface area contributed by atoms with Crippen LogP contribution in [-0.4, -0.2) is 35.0 Å². The summed E-state index contributed by atoms with van der Waals surface area (Å²) >= 11 is 0. The Hall–Kier alpha value is -1.84. The number of hydrogen-bond donors (Lipinski definition) is 1. The predicted octanol–water partition coefficient (Wildman–Crippen LogP) is 3.99. The first-order chi connectivity index (χ1) is 11.3. The van der Waals surface area contributed by atoms with Gasteiger partial charge in [0.05, 0.1) is 5.56 Å². The molecule has 4 heteroatoms. The van der Waals surface area contributed by atoms with Gasteiger partial charge in [0.15, 0.2) is 0 Å². The van der Waals surface area contributed by atoms with E-state index in [1.807, 2.05) is 17.0 Å². The van der Waals surface area contributed by atoms with Crippen LogP contribution in [0.3, 0.4) is 0 Å². The minimum Gasteiger partial charge on any atom is -0.478 e. The summed E-state index contributed by atoms with van der Waals surface area (Å²) < 4.78 is 0. The number of likely N-dealkylation sites (tertiary alicyclic amines) is 1. The van der Waals surface area contributed by atoms with E-state index in [0.717, 1.165) is 44.3 Å². The van der Waals surface area contributed by atoms with Crippen LogP contribution in [0.25, 0.3) is 0 Å². The maximum atomic E-state index is 12.3. The monoisotopic (exact) mass is 331 g/mol. The SMILES string of the molecule is CC(C)(C)CCC(=O)N1CCC(Cc2ccccc2C(=O)O)CC1. The fourth-order valence-corrected chi connectivity index (χ4v) is 3.24. The fraction of sp³-hybridized carbons (Fsp3) is 0.600. The lowest BCUT2D eigenvalue weighted by Crippen LogP contribution is -2.39. The van der Waals surface area contributed by atoms with E-state index in [2.05, 4.69) is 20.8 Å². The van der Waals surface area contributed by atoms with E-state index in [-0.39, 0.29) is 11.3 Å². The number of piperidine rings is 1. The van der Waals surface area contributed by atoms with Gasteiger partial charge >= 0.3 is 5.97 Å². The molecular formula is C20H29NO3. The Kier molecular flexibility index (Phi) is 6.03. The van der Waals surface area contributed by atoms with Crippen molar-refractivity contribution < 1.29 is 14.7 Å². The van der Waals surface area contributed by atoms with Crippen molar-refractivity contribution in [2.75, 3.05) is 13.1 Å². The maximum Gasteiger partial charge on any atom is 0.335 e. The van der Waals surface area contributed by atoms with Crippen molar-refractivity contribution in [2.45, 2.75) is 52.9 Å². The second-order valence-electron chi connectivity index (χ2n) is 8.05. The number of carboxylic acids is 1. The molecule has 1 aromatic rings. The molecule has 0 bridgehead atoms. The van der Waals surface area contributed by atoms with Crippen LogP contribution >= 0.6 is 0 Å². The number of carbonyl (C=O) groups is 2. The summed E-state index contributed by atoms with van der Waals surface area (Å²) in [7, 11) is 0. The molecule has 1 aliphatic heterocycles. The average Bonchev–Trinajstić information content (AvgIpc) is 2.53. The van der Waals surface area contributed by atoms with E-state index in [0.29, 0.717) is 17.9 Å². The lowest BCUT2D eigenvalue weighted by molar-refractivity contribution is -0.133. The van der Waals surface area contributed by atoms with Gasteiger partial charge in [0.1, 0.15) is 0 Å². The minimum absolute atomic E-state index is 0.189. The van der Waals surface area contributed by atoms with Gasteiger partial charge in [-0.3, -0.25) is 4.79 Å². The van der Waals surface area contributed by atoms with Gasteiger partial charge in [-0.25, -0.2) is 4.79 Å².